The Morgan fingerprint density at radius 1 is 1.03 bits per heavy atom. The topological polar surface area (TPSA) is 90.1 Å². The molecule has 1 unspecified atom stereocenters. The number of pyridine rings is 1. The van der Waals surface area contributed by atoms with Crippen molar-refractivity contribution in [2.24, 2.45) is 0 Å². The zero-order valence-electron chi connectivity index (χ0n) is 19.0. The summed E-state index contributed by atoms with van der Waals surface area (Å²) in [4.78, 5) is 17.8. The van der Waals surface area contributed by atoms with Gasteiger partial charge in [-0.25, -0.2) is 18.4 Å². The molecule has 0 saturated carbocycles. The van der Waals surface area contributed by atoms with Gasteiger partial charge in [0.2, 0.25) is 0 Å². The van der Waals surface area contributed by atoms with Gasteiger partial charge >= 0.3 is 5.92 Å². The van der Waals surface area contributed by atoms with Gasteiger partial charge in [0.25, 0.3) is 0 Å². The maximum atomic E-state index is 15.8. The average Bonchev–Trinajstić information content (AvgIpc) is 3.39. The Balaban J connectivity index is 1.63. The highest BCUT2D eigenvalue weighted by atomic mass is 19.3. The number of aromatic nitrogens is 4. The first kappa shape index (κ1) is 25.5. The molecule has 11 heteroatoms. The molecule has 37 heavy (non-hydrogen) atoms. The molecule has 0 saturated heterocycles. The Kier molecular flexibility index (Phi) is 7.31. The Hall–Kier alpha value is -4.56. The van der Waals surface area contributed by atoms with Crippen molar-refractivity contribution >= 4 is 6.29 Å². The van der Waals surface area contributed by atoms with E-state index in [0.717, 1.165) is 41.7 Å². The molecule has 2 aromatic heterocycles. The van der Waals surface area contributed by atoms with Gasteiger partial charge < -0.3 is 9.84 Å². The minimum absolute atomic E-state index is 0.0740. The van der Waals surface area contributed by atoms with Crippen molar-refractivity contribution in [1.29, 1.82) is 0 Å². The number of carbonyl (C=O) groups is 1. The second kappa shape index (κ2) is 10.6. The molecule has 0 fully saturated rings. The number of nitrogens with zero attached hydrogens (tertiary/aromatic N) is 4. The van der Waals surface area contributed by atoms with Crippen LogP contribution >= 0.6 is 0 Å². The van der Waals surface area contributed by atoms with Crippen molar-refractivity contribution in [2.75, 3.05) is 6.61 Å². The van der Waals surface area contributed by atoms with Gasteiger partial charge in [-0.1, -0.05) is 11.8 Å². The first-order valence-electron chi connectivity index (χ1n) is 10.8. The Morgan fingerprint density at radius 3 is 2.38 bits per heavy atom. The van der Waals surface area contributed by atoms with Crippen LogP contribution in [0.4, 0.5) is 17.6 Å². The van der Waals surface area contributed by atoms with Crippen LogP contribution in [0.15, 0.2) is 73.4 Å². The molecule has 7 nitrogen and oxygen atoms in total. The lowest BCUT2D eigenvalue weighted by Gasteiger charge is -2.35. The fraction of sp³-hybridized carbons (Fsp3) is 0.154. The lowest BCUT2D eigenvalue weighted by molar-refractivity contribution is -0.207. The van der Waals surface area contributed by atoms with E-state index in [1.807, 2.05) is 0 Å². The molecule has 0 amide bonds. The van der Waals surface area contributed by atoms with Gasteiger partial charge in [0.1, 0.15) is 42.3 Å². The van der Waals surface area contributed by atoms with E-state index in [0.29, 0.717) is 29.2 Å². The molecule has 0 radical (unpaired) electrons. The predicted octanol–water partition coefficient (Wildman–Crippen LogP) is 3.61. The number of halogens is 4. The summed E-state index contributed by atoms with van der Waals surface area (Å²) in [7, 11) is 0. The molecule has 188 valence electrons. The van der Waals surface area contributed by atoms with E-state index in [1.54, 1.807) is 24.3 Å². The largest absolute Gasteiger partial charge is 0.486 e. The third-order valence-corrected chi connectivity index (χ3v) is 5.36. The highest BCUT2D eigenvalue weighted by molar-refractivity contribution is 5.51. The van der Waals surface area contributed by atoms with Crippen LogP contribution in [-0.4, -0.2) is 37.7 Å². The summed E-state index contributed by atoms with van der Waals surface area (Å²) >= 11 is 0. The second-order valence-electron chi connectivity index (χ2n) is 7.84. The summed E-state index contributed by atoms with van der Waals surface area (Å²) in [5, 5.41) is 14.9. The lowest BCUT2D eigenvalue weighted by Crippen LogP contribution is -2.48. The quantitative estimate of drug-likeness (QED) is 0.221. The van der Waals surface area contributed by atoms with Crippen LogP contribution in [0.1, 0.15) is 22.4 Å². The van der Waals surface area contributed by atoms with Crippen molar-refractivity contribution in [2.45, 2.75) is 18.1 Å². The van der Waals surface area contributed by atoms with Crippen LogP contribution in [-0.2, 0) is 22.9 Å². The number of carbonyl (C=O) groups excluding carboxylic acids is 1. The zero-order chi connectivity index (χ0) is 26.5. The molecule has 0 bridgehead atoms. The maximum absolute atomic E-state index is 15.8. The molecule has 2 aromatic carbocycles. The maximum Gasteiger partial charge on any atom is 0.323 e. The van der Waals surface area contributed by atoms with Crippen molar-refractivity contribution in [3.05, 3.63) is 107 Å². The van der Waals surface area contributed by atoms with Crippen molar-refractivity contribution in [3.63, 3.8) is 0 Å². The zero-order valence-corrected chi connectivity index (χ0v) is 19.0. The highest BCUT2D eigenvalue weighted by Gasteiger charge is 2.57. The van der Waals surface area contributed by atoms with E-state index < -0.39 is 41.0 Å². The summed E-state index contributed by atoms with van der Waals surface area (Å²) in [6.45, 7) is -0.964. The van der Waals surface area contributed by atoms with E-state index >= 15 is 8.78 Å². The molecule has 0 spiro atoms. The first-order chi connectivity index (χ1) is 17.7. The van der Waals surface area contributed by atoms with E-state index in [2.05, 4.69) is 26.9 Å². The lowest BCUT2D eigenvalue weighted by atomic mass is 9.84. The molecule has 0 aliphatic rings. The smallest absolute Gasteiger partial charge is 0.323 e. The molecule has 4 rings (SSSR count). The molecule has 2 heterocycles. The molecule has 0 aliphatic heterocycles. The third-order valence-electron chi connectivity index (χ3n) is 5.36. The van der Waals surface area contributed by atoms with Gasteiger partial charge in [-0.05, 0) is 48.5 Å². The summed E-state index contributed by atoms with van der Waals surface area (Å²) in [6.07, 6.45) is 3.86. The van der Waals surface area contributed by atoms with Crippen LogP contribution in [0.3, 0.4) is 0 Å². The number of aliphatic hydroxyl groups is 1. The Bertz CT molecular complexity index is 1430. The third kappa shape index (κ3) is 5.49. The van der Waals surface area contributed by atoms with Gasteiger partial charge in [0.05, 0.1) is 6.54 Å². The fourth-order valence-electron chi connectivity index (χ4n) is 3.50. The standard InChI is InChI=1S/C26H18F4N4O3/c27-20-6-9-22(23(28)13-20)25(36,15-34-17-31-16-33-34)26(29,30)24-10-5-19(14-32-24)2-1-18-3-7-21(8-4-18)37-12-11-35/h3-11,13-14,16-17,36H,12,15H2. The van der Waals surface area contributed by atoms with E-state index in [1.165, 1.54) is 6.07 Å². The molecule has 4 aromatic rings. The van der Waals surface area contributed by atoms with Gasteiger partial charge in [-0.2, -0.15) is 13.9 Å². The number of ether oxygens (including phenoxy) is 1. The summed E-state index contributed by atoms with van der Waals surface area (Å²) in [5.74, 6) is -0.365. The molecule has 1 N–H and O–H groups in total. The van der Waals surface area contributed by atoms with Crippen molar-refractivity contribution in [3.8, 4) is 17.6 Å². The van der Waals surface area contributed by atoms with E-state index in [9.17, 15) is 18.7 Å². The van der Waals surface area contributed by atoms with Crippen molar-refractivity contribution < 1.29 is 32.2 Å². The fourth-order valence-corrected chi connectivity index (χ4v) is 3.50. The Morgan fingerprint density at radius 2 is 1.76 bits per heavy atom. The normalized spacial score (nSPS) is 12.8. The van der Waals surface area contributed by atoms with Gasteiger partial charge in [-0.15, -0.1) is 0 Å². The Labute approximate surface area is 208 Å². The summed E-state index contributed by atoms with van der Waals surface area (Å²) < 4.78 is 65.7. The van der Waals surface area contributed by atoms with Crippen LogP contribution in [0.25, 0.3) is 0 Å². The summed E-state index contributed by atoms with van der Waals surface area (Å²) in [6, 6.07) is 10.7. The minimum atomic E-state index is -4.14. The van der Waals surface area contributed by atoms with E-state index in [4.69, 9.17) is 4.74 Å². The molecule has 1 atom stereocenters. The SMILES string of the molecule is O=CCOc1ccc(C#Cc2ccc(C(F)(F)C(O)(Cn3cncn3)c3ccc(F)cc3F)nc2)cc1. The van der Waals surface area contributed by atoms with Gasteiger partial charge in [0.15, 0.2) is 11.9 Å². The summed E-state index contributed by atoms with van der Waals surface area (Å²) in [5.41, 5.74) is -3.98. The van der Waals surface area contributed by atoms with Crippen LogP contribution in [0.2, 0.25) is 0 Å². The van der Waals surface area contributed by atoms with Crippen molar-refractivity contribution in [1.82, 2.24) is 19.7 Å². The van der Waals surface area contributed by atoms with Gasteiger partial charge in [-0.3, -0.25) is 9.78 Å². The monoisotopic (exact) mass is 510 g/mol. The van der Waals surface area contributed by atoms with E-state index in [-0.39, 0.29) is 6.61 Å². The number of rotatable bonds is 8. The second-order valence-corrected chi connectivity index (χ2v) is 7.84. The average molecular weight is 510 g/mol. The number of hydrogen-bond acceptors (Lipinski definition) is 6. The molecular weight excluding hydrogens is 492 g/mol. The van der Waals surface area contributed by atoms with Crippen LogP contribution < -0.4 is 4.74 Å². The van der Waals surface area contributed by atoms with Crippen LogP contribution in [0, 0.1) is 23.5 Å². The van der Waals surface area contributed by atoms with Gasteiger partial charge in [0, 0.05) is 29.0 Å². The highest BCUT2D eigenvalue weighted by Crippen LogP contribution is 2.46. The number of alkyl halides is 2. The van der Waals surface area contributed by atoms with Crippen LogP contribution in [0.5, 0.6) is 5.75 Å². The molecular formula is C26H18F4N4O3. The number of aldehydes is 1. The number of hydrogen-bond donors (Lipinski definition) is 1. The molecule has 0 aliphatic carbocycles. The first-order valence-corrected chi connectivity index (χ1v) is 10.8. The number of benzene rings is 2. The predicted molar refractivity (Wildman–Crippen MR) is 122 cm³/mol. The minimum Gasteiger partial charge on any atom is -0.486 e.